The molecule has 2 unspecified atom stereocenters. The minimum Gasteiger partial charge on any atom is -0.457 e. The largest absolute Gasteiger partial charge is 0.457 e. The number of hydrogen-bond donors (Lipinski definition) is 0. The van der Waals surface area contributed by atoms with Crippen molar-refractivity contribution in [2.24, 2.45) is 0 Å². The Bertz CT molecular complexity index is 6640. The number of hydrogen-bond acceptors (Lipinski definition) is 6. The summed E-state index contributed by atoms with van der Waals surface area (Å²) in [4.78, 5) is 4.64. The molecule has 0 saturated carbocycles. The van der Waals surface area contributed by atoms with Gasteiger partial charge in [0.2, 0.25) is 0 Å². The number of fused-ring (bicyclic) bond motifs is 15. The number of ether oxygens (including phenoxy) is 2. The molecule has 0 N–H and O–H groups in total. The Hall–Kier alpha value is -14.5. The van der Waals surface area contributed by atoms with Crippen molar-refractivity contribution in [2.75, 3.05) is 9.80 Å². The third kappa shape index (κ3) is 10.5. The highest BCUT2D eigenvalue weighted by Gasteiger charge is 2.49. The highest BCUT2D eigenvalue weighted by atomic mass is 19.2. The summed E-state index contributed by atoms with van der Waals surface area (Å²) in [7, 11) is 0. The molecular formula is C105H68F4N2O4. The number of furan rings is 2. The van der Waals surface area contributed by atoms with Gasteiger partial charge in [-0.1, -0.05) is 221 Å². The smallest absolute Gasteiger partial charge is 0.159 e. The maximum atomic E-state index is 16.4. The van der Waals surface area contributed by atoms with E-state index < -0.39 is 39.5 Å². The van der Waals surface area contributed by atoms with E-state index in [4.69, 9.17) is 18.3 Å². The van der Waals surface area contributed by atoms with Gasteiger partial charge in [0.05, 0.1) is 33.0 Å². The summed E-state index contributed by atoms with van der Waals surface area (Å²) < 4.78 is 90.1. The van der Waals surface area contributed by atoms with E-state index in [1.54, 1.807) is 24.3 Å². The molecule has 115 heavy (non-hydrogen) atoms. The Morgan fingerprint density at radius 3 is 0.991 bits per heavy atom. The number of para-hydroxylation sites is 2. The molecule has 0 bridgehead atoms. The van der Waals surface area contributed by atoms with Crippen LogP contribution in [0.1, 0.15) is 80.6 Å². The fourth-order valence-electron chi connectivity index (χ4n) is 18.7. The lowest BCUT2D eigenvalue weighted by Crippen LogP contribution is -2.29. The van der Waals surface area contributed by atoms with Crippen molar-refractivity contribution in [2.45, 2.75) is 30.1 Å². The second kappa shape index (κ2) is 26.3. The predicted molar refractivity (Wildman–Crippen MR) is 456 cm³/mol. The molecule has 10 heteroatoms. The minimum atomic E-state index is -1.18. The Morgan fingerprint density at radius 1 is 0.287 bits per heavy atom. The van der Waals surface area contributed by atoms with Crippen molar-refractivity contribution < 1.29 is 35.9 Å². The predicted octanol–water partition coefficient (Wildman–Crippen LogP) is 28.9. The van der Waals surface area contributed by atoms with Crippen LogP contribution < -0.4 is 19.3 Å². The molecule has 550 valence electrons. The van der Waals surface area contributed by atoms with E-state index in [0.29, 0.717) is 45.3 Å². The molecule has 0 saturated heterocycles. The first-order valence-electron chi connectivity index (χ1n) is 38.4. The molecule has 18 aromatic rings. The van der Waals surface area contributed by atoms with E-state index in [9.17, 15) is 0 Å². The molecule has 0 radical (unpaired) electrons. The van der Waals surface area contributed by atoms with Crippen molar-refractivity contribution in [1.82, 2.24) is 0 Å². The van der Waals surface area contributed by atoms with E-state index in [1.165, 1.54) is 24.3 Å². The molecular weight excluding hydrogens is 1430 g/mol. The van der Waals surface area contributed by atoms with Gasteiger partial charge in [-0.2, -0.15) is 0 Å². The lowest BCUT2D eigenvalue weighted by Gasteiger charge is -2.35. The van der Waals surface area contributed by atoms with Gasteiger partial charge in [-0.3, -0.25) is 0 Å². The summed E-state index contributed by atoms with van der Waals surface area (Å²) >= 11 is 0. The first-order chi connectivity index (χ1) is 56.3. The fraction of sp³-hybridized carbons (Fsp3) is 0.0476. The minimum absolute atomic E-state index is 0.555. The summed E-state index contributed by atoms with van der Waals surface area (Å²) in [6.45, 7) is 12.4. The number of benzene rings is 16. The monoisotopic (exact) mass is 1500 g/mol. The highest BCUT2D eigenvalue weighted by molar-refractivity contribution is 6.15. The van der Waals surface area contributed by atoms with Crippen LogP contribution in [0.5, 0.6) is 23.0 Å². The van der Waals surface area contributed by atoms with E-state index in [1.807, 2.05) is 182 Å². The average molecular weight is 1500 g/mol. The Balaban J connectivity index is 0.734. The molecule has 3 aliphatic carbocycles. The Kier molecular flexibility index (Phi) is 15.7. The maximum absolute atomic E-state index is 16.4. The van der Waals surface area contributed by atoms with E-state index in [2.05, 4.69) is 158 Å². The lowest BCUT2D eigenvalue weighted by molar-refractivity contribution is 0.482. The third-order valence-electron chi connectivity index (χ3n) is 24.0. The van der Waals surface area contributed by atoms with E-state index in [-0.39, 0.29) is 0 Å². The zero-order valence-electron chi connectivity index (χ0n) is 62.4. The molecule has 3 aliphatic rings. The van der Waals surface area contributed by atoms with Crippen molar-refractivity contribution in [3.05, 3.63) is 443 Å². The molecule has 2 aromatic heterocycles. The molecule has 16 aromatic carbocycles. The van der Waals surface area contributed by atoms with E-state index in [0.717, 1.165) is 156 Å². The van der Waals surface area contributed by atoms with Crippen molar-refractivity contribution in [1.29, 1.82) is 0 Å². The summed E-state index contributed by atoms with van der Waals surface area (Å²) in [6, 6.07) is 112. The van der Waals surface area contributed by atoms with Crippen LogP contribution in [0.25, 0.3) is 89.4 Å². The van der Waals surface area contributed by atoms with Crippen LogP contribution >= 0.6 is 0 Å². The third-order valence-corrected chi connectivity index (χ3v) is 24.0. The zero-order chi connectivity index (χ0) is 77.6. The molecule has 0 fully saturated rings. The topological polar surface area (TPSA) is 51.2 Å². The number of rotatable bonds is 16. The van der Waals surface area contributed by atoms with Crippen molar-refractivity contribution in [3.8, 4) is 56.4 Å². The lowest BCUT2D eigenvalue weighted by atomic mass is 9.67. The molecule has 0 spiro atoms. The number of nitrogens with zero attached hydrogens (tertiary/aromatic N) is 2. The van der Waals surface area contributed by atoms with Crippen LogP contribution in [0, 0.1) is 23.3 Å². The molecule has 6 nitrogen and oxygen atoms in total. The highest BCUT2D eigenvalue weighted by Crippen LogP contribution is 2.62. The average Bonchev–Trinajstić information content (AvgIpc) is 1.55. The summed E-state index contributed by atoms with van der Waals surface area (Å²) in [5, 5.41) is 3.73. The van der Waals surface area contributed by atoms with Gasteiger partial charge in [-0.25, -0.2) is 17.6 Å². The standard InChI is InChI=1S/C105H68F4N2O4/c1-5-63-29-43-73(44-30-63)112-75-47-33-65(34-48-75)104(67-37-55-91(106)93(108)57-67)85-21-11-7-17-77(85)81-53-41-71(61-89(81)104)110(95-23-15-27-99-101(95)83-19-9-13-25-97(83)114-99)69-39-51-79-80-52-40-70(60-88(80)103(3,4)87(79)59-69)111(96-24-16-28-100-102(96)84-20-10-14-26-98(84)115-100)72-42-54-82-78-18-8-12-22-86(78)105(90(82)62-72,68-38-56-92(107)94(109)58-68)66-35-49-76(50-36-66)113-74-45-31-64(6-2)32-46-74/h5-62H,1-2H2,3-4H3. The summed E-state index contributed by atoms with van der Waals surface area (Å²) in [6.07, 6.45) is 3.58. The zero-order valence-corrected chi connectivity index (χ0v) is 62.4. The molecule has 2 heterocycles. The van der Waals surface area contributed by atoms with Crippen molar-refractivity contribution >= 4 is 90.2 Å². The summed E-state index contributed by atoms with van der Waals surface area (Å²) in [5.74, 6) is -1.27. The van der Waals surface area contributed by atoms with Gasteiger partial charge in [-0.15, -0.1) is 0 Å². The molecule has 2 atom stereocenters. The first kappa shape index (κ1) is 68.5. The van der Waals surface area contributed by atoms with Gasteiger partial charge in [-0.05, 0) is 258 Å². The molecule has 0 amide bonds. The second-order valence-corrected chi connectivity index (χ2v) is 30.4. The quantitative estimate of drug-likeness (QED) is 0.0899. The van der Waals surface area contributed by atoms with Gasteiger partial charge < -0.3 is 28.1 Å². The maximum Gasteiger partial charge on any atom is 0.159 e. The van der Waals surface area contributed by atoms with Gasteiger partial charge in [0, 0.05) is 38.9 Å². The van der Waals surface area contributed by atoms with Crippen LogP contribution in [0.4, 0.5) is 51.7 Å². The van der Waals surface area contributed by atoms with Gasteiger partial charge >= 0.3 is 0 Å². The van der Waals surface area contributed by atoms with Gasteiger partial charge in [0.15, 0.2) is 23.3 Å². The number of anilines is 6. The molecule has 21 rings (SSSR count). The van der Waals surface area contributed by atoms with Crippen molar-refractivity contribution in [3.63, 3.8) is 0 Å². The van der Waals surface area contributed by atoms with Gasteiger partial charge in [0.1, 0.15) is 45.3 Å². The Morgan fingerprint density at radius 2 is 0.609 bits per heavy atom. The fourth-order valence-corrected chi connectivity index (χ4v) is 18.7. The normalized spacial score (nSPS) is 15.3. The van der Waals surface area contributed by atoms with Crippen LogP contribution in [0.15, 0.2) is 362 Å². The number of halogens is 4. The van der Waals surface area contributed by atoms with Crippen LogP contribution in [0.3, 0.4) is 0 Å². The van der Waals surface area contributed by atoms with Gasteiger partial charge in [0.25, 0.3) is 0 Å². The second-order valence-electron chi connectivity index (χ2n) is 30.4. The van der Waals surface area contributed by atoms with Crippen LogP contribution in [-0.4, -0.2) is 0 Å². The Labute approximate surface area is 661 Å². The van der Waals surface area contributed by atoms with E-state index >= 15 is 17.6 Å². The molecule has 0 aliphatic heterocycles. The SMILES string of the molecule is C=Cc1ccc(Oc2ccc(C3(c4ccc(F)c(F)c4)c4ccccc4-c4ccc(N(c5ccc6c(c5)C(C)(C)c5cc(N(c7ccc8c(c7)C(c7ccc(Oc9ccc(C=C)cc9)cc7)(c7ccc(F)c(F)c7)c7ccccc7-8)c7cccc8oc9ccccc9c78)ccc5-6)c5cccc6oc7ccccc7c56)cc43)cc2)cc1. The summed E-state index contributed by atoms with van der Waals surface area (Å²) in [5.41, 5.74) is 21.5. The van der Waals surface area contributed by atoms with Crippen LogP contribution in [0.2, 0.25) is 0 Å². The first-order valence-corrected chi connectivity index (χ1v) is 38.4. The van der Waals surface area contributed by atoms with Crippen LogP contribution in [-0.2, 0) is 16.2 Å².